The molecule has 2 N–H and O–H groups in total. The second kappa shape index (κ2) is 6.74. The van der Waals surface area contributed by atoms with E-state index in [4.69, 9.17) is 0 Å². The van der Waals surface area contributed by atoms with E-state index in [1.807, 2.05) is 0 Å². The number of sulfonamides is 1. The van der Waals surface area contributed by atoms with Gasteiger partial charge in [0.05, 0.1) is 4.90 Å². The van der Waals surface area contributed by atoms with Gasteiger partial charge in [0.25, 0.3) is 10.0 Å². The van der Waals surface area contributed by atoms with Crippen LogP contribution >= 0.6 is 0 Å². The van der Waals surface area contributed by atoms with Gasteiger partial charge in [-0.1, -0.05) is 6.92 Å². The van der Waals surface area contributed by atoms with Gasteiger partial charge in [0, 0.05) is 23.5 Å². The maximum Gasteiger partial charge on any atom is 0.264 e. The average Bonchev–Trinajstić information content (AvgIpc) is 2.46. The Bertz CT molecular complexity index is 797. The van der Waals surface area contributed by atoms with Gasteiger partial charge < -0.3 is 5.32 Å². The second-order valence-electron chi connectivity index (χ2n) is 5.01. The number of nitrogens with one attached hydrogen (secondary N) is 2. The van der Waals surface area contributed by atoms with Crippen LogP contribution in [0.5, 0.6) is 0 Å². The highest BCUT2D eigenvalue weighted by molar-refractivity contribution is 7.92. The summed E-state index contributed by atoms with van der Waals surface area (Å²) < 4.78 is 27.0. The Labute approximate surface area is 135 Å². The molecule has 0 fully saturated rings. The molecule has 0 radical (unpaired) electrons. The Morgan fingerprint density at radius 3 is 2.17 bits per heavy atom. The largest absolute Gasteiger partial charge is 0.326 e. The van der Waals surface area contributed by atoms with E-state index in [-0.39, 0.29) is 16.8 Å². The molecule has 1 aromatic carbocycles. The van der Waals surface area contributed by atoms with Crippen molar-refractivity contribution in [3.8, 4) is 0 Å². The van der Waals surface area contributed by atoms with E-state index in [0.717, 1.165) is 0 Å². The first-order valence-corrected chi connectivity index (χ1v) is 8.53. The third kappa shape index (κ3) is 4.49. The van der Waals surface area contributed by atoms with E-state index in [1.165, 1.54) is 24.3 Å². The summed E-state index contributed by atoms with van der Waals surface area (Å²) in [5.41, 5.74) is 1.89. The van der Waals surface area contributed by atoms with E-state index in [9.17, 15) is 13.2 Å². The summed E-state index contributed by atoms with van der Waals surface area (Å²) in [6.45, 7) is 5.26. The molecule has 0 aliphatic carbocycles. The molecule has 2 aromatic rings. The number of hydrogen-bond acceptors (Lipinski definition) is 5. The van der Waals surface area contributed by atoms with Crippen molar-refractivity contribution >= 4 is 27.6 Å². The molecule has 1 aromatic heterocycles. The van der Waals surface area contributed by atoms with Gasteiger partial charge in [-0.05, 0) is 44.2 Å². The number of nitrogens with zero attached hydrogens (tertiary/aromatic N) is 2. The molecule has 2 rings (SSSR count). The van der Waals surface area contributed by atoms with Crippen LogP contribution in [0.2, 0.25) is 0 Å². The standard InChI is InChI=1S/C15H18N4O3S/c1-4-14(20)18-12-5-7-13(8-6-12)23(21,22)19-15-16-10(2)9-11(3)17-15/h5-9H,4H2,1-3H3,(H,18,20)(H,16,17,19). The first kappa shape index (κ1) is 16.9. The van der Waals surface area contributed by atoms with Crippen molar-refractivity contribution in [2.75, 3.05) is 10.0 Å². The van der Waals surface area contributed by atoms with E-state index in [1.54, 1.807) is 26.8 Å². The molecule has 0 spiro atoms. The van der Waals surface area contributed by atoms with Crippen LogP contribution in [0, 0.1) is 13.8 Å². The summed E-state index contributed by atoms with van der Waals surface area (Å²) >= 11 is 0. The highest BCUT2D eigenvalue weighted by Gasteiger charge is 2.16. The lowest BCUT2D eigenvalue weighted by Gasteiger charge is -2.09. The molecule has 0 aliphatic heterocycles. The van der Waals surface area contributed by atoms with Gasteiger partial charge >= 0.3 is 0 Å². The molecule has 1 amide bonds. The Hall–Kier alpha value is -2.48. The zero-order valence-corrected chi connectivity index (χ0v) is 13.9. The fourth-order valence-electron chi connectivity index (χ4n) is 1.92. The van der Waals surface area contributed by atoms with Gasteiger partial charge in [-0.3, -0.25) is 4.79 Å². The maximum absolute atomic E-state index is 12.3. The molecule has 0 saturated carbocycles. The summed E-state index contributed by atoms with van der Waals surface area (Å²) in [4.78, 5) is 19.5. The van der Waals surface area contributed by atoms with Crippen molar-refractivity contribution < 1.29 is 13.2 Å². The number of aromatic nitrogens is 2. The molecule has 23 heavy (non-hydrogen) atoms. The highest BCUT2D eigenvalue weighted by Crippen LogP contribution is 2.17. The minimum atomic E-state index is -3.79. The van der Waals surface area contributed by atoms with Crippen LogP contribution < -0.4 is 10.0 Å². The van der Waals surface area contributed by atoms with Crippen LogP contribution in [0.15, 0.2) is 35.2 Å². The van der Waals surface area contributed by atoms with Gasteiger partial charge in [-0.25, -0.2) is 23.1 Å². The van der Waals surface area contributed by atoms with Gasteiger partial charge in [-0.15, -0.1) is 0 Å². The molecular formula is C15H18N4O3S. The number of anilines is 2. The molecule has 122 valence electrons. The molecule has 0 saturated heterocycles. The quantitative estimate of drug-likeness (QED) is 0.873. The SMILES string of the molecule is CCC(=O)Nc1ccc(S(=O)(=O)Nc2nc(C)cc(C)n2)cc1. The van der Waals surface area contributed by atoms with Crippen LogP contribution in [0.25, 0.3) is 0 Å². The Morgan fingerprint density at radius 1 is 1.09 bits per heavy atom. The predicted molar refractivity (Wildman–Crippen MR) is 87.7 cm³/mol. The molecule has 0 bridgehead atoms. The fraction of sp³-hybridized carbons (Fsp3) is 0.267. The predicted octanol–water partition coefficient (Wildman–Crippen LogP) is 2.24. The zero-order chi connectivity index (χ0) is 17.0. The molecule has 7 nitrogen and oxygen atoms in total. The van der Waals surface area contributed by atoms with Crippen LogP contribution in [0.4, 0.5) is 11.6 Å². The van der Waals surface area contributed by atoms with E-state index < -0.39 is 10.0 Å². The van der Waals surface area contributed by atoms with Crippen LogP contribution in [0.3, 0.4) is 0 Å². The average molecular weight is 334 g/mol. The Morgan fingerprint density at radius 2 is 1.65 bits per heavy atom. The fourth-order valence-corrected chi connectivity index (χ4v) is 2.86. The number of amides is 1. The zero-order valence-electron chi connectivity index (χ0n) is 13.1. The topological polar surface area (TPSA) is 101 Å². The normalized spacial score (nSPS) is 11.1. The number of benzene rings is 1. The van der Waals surface area contributed by atoms with Gasteiger partial charge in [0.2, 0.25) is 11.9 Å². The van der Waals surface area contributed by atoms with Crippen molar-refractivity contribution in [3.05, 3.63) is 41.7 Å². The molecule has 0 atom stereocenters. The molecule has 1 heterocycles. The highest BCUT2D eigenvalue weighted by atomic mass is 32.2. The molecular weight excluding hydrogens is 316 g/mol. The lowest BCUT2D eigenvalue weighted by atomic mass is 10.3. The Kier molecular flexibility index (Phi) is 4.95. The minimum absolute atomic E-state index is 0.0332. The van der Waals surface area contributed by atoms with Crippen molar-refractivity contribution in [2.45, 2.75) is 32.1 Å². The smallest absolute Gasteiger partial charge is 0.264 e. The summed E-state index contributed by atoms with van der Waals surface area (Å²) in [6, 6.07) is 7.64. The third-order valence-corrected chi connectivity index (χ3v) is 4.32. The lowest BCUT2D eigenvalue weighted by Crippen LogP contribution is -2.16. The van der Waals surface area contributed by atoms with Crippen LogP contribution in [-0.4, -0.2) is 24.3 Å². The number of carbonyl (C=O) groups excluding carboxylic acids is 1. The van der Waals surface area contributed by atoms with Crippen molar-refractivity contribution in [1.82, 2.24) is 9.97 Å². The van der Waals surface area contributed by atoms with Crippen molar-refractivity contribution in [2.24, 2.45) is 0 Å². The summed E-state index contributed by atoms with van der Waals surface area (Å²) in [6.07, 6.45) is 0.353. The van der Waals surface area contributed by atoms with Gasteiger partial charge in [-0.2, -0.15) is 0 Å². The first-order chi connectivity index (χ1) is 10.8. The first-order valence-electron chi connectivity index (χ1n) is 7.05. The van der Waals surface area contributed by atoms with Gasteiger partial charge in [0.1, 0.15) is 0 Å². The van der Waals surface area contributed by atoms with E-state index in [2.05, 4.69) is 20.0 Å². The summed E-state index contributed by atoms with van der Waals surface area (Å²) in [5, 5.41) is 2.66. The van der Waals surface area contributed by atoms with Gasteiger partial charge in [0.15, 0.2) is 0 Å². The summed E-state index contributed by atoms with van der Waals surface area (Å²) in [7, 11) is -3.79. The maximum atomic E-state index is 12.3. The summed E-state index contributed by atoms with van der Waals surface area (Å²) in [5.74, 6) is -0.103. The third-order valence-electron chi connectivity index (χ3n) is 2.98. The number of rotatable bonds is 5. The molecule has 0 aliphatic rings. The minimum Gasteiger partial charge on any atom is -0.326 e. The van der Waals surface area contributed by atoms with E-state index >= 15 is 0 Å². The molecule has 8 heteroatoms. The van der Waals surface area contributed by atoms with E-state index in [0.29, 0.717) is 23.5 Å². The lowest BCUT2D eigenvalue weighted by molar-refractivity contribution is -0.115. The van der Waals surface area contributed by atoms with Crippen LogP contribution in [-0.2, 0) is 14.8 Å². The molecule has 0 unspecified atom stereocenters. The number of aryl methyl sites for hydroxylation is 2. The Balaban J connectivity index is 2.20. The van der Waals surface area contributed by atoms with Crippen LogP contribution in [0.1, 0.15) is 24.7 Å². The monoisotopic (exact) mass is 334 g/mol. The second-order valence-corrected chi connectivity index (χ2v) is 6.69. The number of hydrogen-bond donors (Lipinski definition) is 2. The number of carbonyl (C=O) groups is 1. The van der Waals surface area contributed by atoms with Crippen molar-refractivity contribution in [1.29, 1.82) is 0 Å². The van der Waals surface area contributed by atoms with Crippen molar-refractivity contribution in [3.63, 3.8) is 0 Å².